The molecule has 0 aliphatic heterocycles. The van der Waals surface area contributed by atoms with E-state index in [-0.39, 0.29) is 28.4 Å². The molecule has 0 aliphatic carbocycles. The molecule has 0 saturated heterocycles. The Hall–Kier alpha value is -4.05. The Bertz CT molecular complexity index is 1080. The number of hydrogen-bond donors (Lipinski definition) is 4. The van der Waals surface area contributed by atoms with Crippen LogP contribution in [0.25, 0.3) is 0 Å². The van der Waals surface area contributed by atoms with Gasteiger partial charge in [0.15, 0.2) is 22.5 Å². The molecule has 0 fully saturated rings. The Labute approximate surface area is 170 Å². The van der Waals surface area contributed by atoms with Gasteiger partial charge in [-0.1, -0.05) is 29.8 Å². The van der Waals surface area contributed by atoms with E-state index in [2.05, 4.69) is 30.5 Å². The average molecular weight is 410 g/mol. The molecule has 1 amide bonds. The maximum Gasteiger partial charge on any atom is 0.280 e. The second-order valence-corrected chi connectivity index (χ2v) is 5.99. The van der Waals surface area contributed by atoms with Crippen LogP contribution in [0.3, 0.4) is 0 Å². The van der Waals surface area contributed by atoms with Crippen molar-refractivity contribution in [1.82, 2.24) is 15.3 Å². The van der Waals surface area contributed by atoms with Gasteiger partial charge < -0.3 is 17.2 Å². The van der Waals surface area contributed by atoms with Crippen LogP contribution in [0.1, 0.15) is 10.5 Å². The van der Waals surface area contributed by atoms with E-state index in [4.69, 9.17) is 28.8 Å². The third-order valence-electron chi connectivity index (χ3n) is 3.50. The van der Waals surface area contributed by atoms with Gasteiger partial charge in [0.2, 0.25) is 5.96 Å². The minimum atomic E-state index is -0.716. The lowest BCUT2D eigenvalue weighted by molar-refractivity contribution is 0.0972. The fraction of sp³-hybridized carbons (Fsp3) is 0. The van der Waals surface area contributed by atoms with Crippen molar-refractivity contribution in [3.05, 3.63) is 65.4 Å². The van der Waals surface area contributed by atoms with Crippen molar-refractivity contribution in [3.8, 4) is 0 Å². The molecule has 0 bridgehead atoms. The van der Waals surface area contributed by atoms with E-state index in [0.717, 1.165) is 5.69 Å². The maximum atomic E-state index is 12.2. The van der Waals surface area contributed by atoms with Crippen molar-refractivity contribution in [3.63, 3.8) is 0 Å². The molecular formula is C18H16ClN9O. The van der Waals surface area contributed by atoms with E-state index in [9.17, 15) is 4.79 Å². The van der Waals surface area contributed by atoms with Gasteiger partial charge in [-0.05, 0) is 36.4 Å². The molecule has 3 aromatic rings. The summed E-state index contributed by atoms with van der Waals surface area (Å²) in [4.78, 5) is 23.9. The quantitative estimate of drug-likeness (QED) is 0.293. The van der Waals surface area contributed by atoms with Crippen LogP contribution in [0, 0.1) is 0 Å². The van der Waals surface area contributed by atoms with Crippen molar-refractivity contribution in [2.75, 3.05) is 11.5 Å². The normalized spacial score (nSPS) is 11.6. The van der Waals surface area contributed by atoms with Gasteiger partial charge in [0.25, 0.3) is 5.91 Å². The molecular weight excluding hydrogens is 394 g/mol. The minimum Gasteiger partial charge on any atom is -0.382 e. The molecule has 0 atom stereocenters. The summed E-state index contributed by atoms with van der Waals surface area (Å²) in [5, 5.41) is 10.5. The summed E-state index contributed by atoms with van der Waals surface area (Å²) in [7, 11) is 0. The lowest BCUT2D eigenvalue weighted by Crippen LogP contribution is -2.37. The molecule has 1 heterocycles. The van der Waals surface area contributed by atoms with Gasteiger partial charge in [0.05, 0.1) is 17.1 Å². The van der Waals surface area contributed by atoms with E-state index in [0.29, 0.717) is 11.4 Å². The summed E-state index contributed by atoms with van der Waals surface area (Å²) in [6.07, 6.45) is 0. The SMILES string of the molecule is NC(=Nc1ccc(N=Nc2ccccc2)cc1)NC(=O)c1nc(Cl)c(N)nc1N. The predicted octanol–water partition coefficient (Wildman–Crippen LogP) is 3.09. The van der Waals surface area contributed by atoms with Crippen LogP contribution in [0.15, 0.2) is 69.8 Å². The smallest absolute Gasteiger partial charge is 0.280 e. The highest BCUT2D eigenvalue weighted by Gasteiger charge is 2.16. The number of azo groups is 1. The Morgan fingerprint density at radius 3 is 2.10 bits per heavy atom. The number of carbonyl (C=O) groups is 1. The summed E-state index contributed by atoms with van der Waals surface area (Å²) in [5.41, 5.74) is 18.5. The number of hydrogen-bond acceptors (Lipinski definition) is 8. The number of aliphatic imine (C=N–C) groups is 1. The number of halogens is 1. The number of rotatable bonds is 4. The number of nitrogens with two attached hydrogens (primary N) is 3. The second kappa shape index (κ2) is 8.76. The molecule has 0 saturated carbocycles. The van der Waals surface area contributed by atoms with Crippen LogP contribution in [-0.2, 0) is 0 Å². The lowest BCUT2D eigenvalue weighted by atomic mass is 10.3. The highest BCUT2D eigenvalue weighted by molar-refractivity contribution is 6.31. The number of guanidine groups is 1. The predicted molar refractivity (Wildman–Crippen MR) is 112 cm³/mol. The largest absolute Gasteiger partial charge is 0.382 e. The number of amides is 1. The molecule has 10 nitrogen and oxygen atoms in total. The van der Waals surface area contributed by atoms with Crippen LogP contribution in [0.4, 0.5) is 28.7 Å². The monoisotopic (exact) mass is 409 g/mol. The van der Waals surface area contributed by atoms with Gasteiger partial charge in [0, 0.05) is 0 Å². The molecule has 0 radical (unpaired) electrons. The Kier molecular flexibility index (Phi) is 5.95. The third kappa shape index (κ3) is 5.23. The molecule has 146 valence electrons. The second-order valence-electron chi connectivity index (χ2n) is 5.64. The van der Waals surface area contributed by atoms with Crippen LogP contribution < -0.4 is 22.5 Å². The molecule has 0 unspecified atom stereocenters. The fourth-order valence-electron chi connectivity index (χ4n) is 2.16. The summed E-state index contributed by atoms with van der Waals surface area (Å²) in [6, 6.07) is 16.1. The fourth-order valence-corrected chi connectivity index (χ4v) is 2.28. The zero-order chi connectivity index (χ0) is 20.8. The summed E-state index contributed by atoms with van der Waals surface area (Å²) >= 11 is 5.76. The zero-order valence-corrected chi connectivity index (χ0v) is 15.7. The van der Waals surface area contributed by atoms with E-state index in [1.807, 2.05) is 30.3 Å². The van der Waals surface area contributed by atoms with Gasteiger partial charge in [0.1, 0.15) is 0 Å². The Balaban J connectivity index is 1.67. The first kappa shape index (κ1) is 19.7. The molecule has 1 aromatic heterocycles. The molecule has 0 aliphatic rings. The molecule has 2 aromatic carbocycles. The average Bonchev–Trinajstić information content (AvgIpc) is 2.71. The van der Waals surface area contributed by atoms with E-state index in [1.165, 1.54) is 0 Å². The van der Waals surface area contributed by atoms with Crippen molar-refractivity contribution in [1.29, 1.82) is 0 Å². The third-order valence-corrected chi connectivity index (χ3v) is 3.78. The first-order valence-electron chi connectivity index (χ1n) is 8.23. The number of nitrogens with one attached hydrogen (secondary N) is 1. The molecule has 3 rings (SSSR count). The lowest BCUT2D eigenvalue weighted by Gasteiger charge is -2.07. The number of carbonyl (C=O) groups excluding carboxylic acids is 1. The summed E-state index contributed by atoms with van der Waals surface area (Å²) in [6.45, 7) is 0. The van der Waals surface area contributed by atoms with Gasteiger partial charge in [-0.2, -0.15) is 10.2 Å². The van der Waals surface area contributed by atoms with Gasteiger partial charge in [-0.3, -0.25) is 10.1 Å². The van der Waals surface area contributed by atoms with Crippen molar-refractivity contribution >= 4 is 52.2 Å². The standard InChI is InChI=1S/C18H16ClN9O/c19-14-16(21)25-15(20)13(24-14)17(29)26-18(22)23-10-6-8-12(9-7-10)28-27-11-4-2-1-3-5-11/h1-9H,(H4,20,21,25)(H3,22,23,26,29). The van der Waals surface area contributed by atoms with Crippen molar-refractivity contribution in [2.24, 2.45) is 21.0 Å². The number of anilines is 2. The van der Waals surface area contributed by atoms with E-state index < -0.39 is 5.91 Å². The van der Waals surface area contributed by atoms with Gasteiger partial charge >= 0.3 is 0 Å². The maximum absolute atomic E-state index is 12.2. The number of benzene rings is 2. The molecule has 0 spiro atoms. The Morgan fingerprint density at radius 2 is 1.45 bits per heavy atom. The van der Waals surface area contributed by atoms with Crippen LogP contribution >= 0.6 is 11.6 Å². The number of aromatic nitrogens is 2. The molecule has 29 heavy (non-hydrogen) atoms. The Morgan fingerprint density at radius 1 is 0.862 bits per heavy atom. The summed E-state index contributed by atoms with van der Waals surface area (Å²) in [5.74, 6) is -1.13. The van der Waals surface area contributed by atoms with Crippen molar-refractivity contribution < 1.29 is 4.79 Å². The molecule has 11 heteroatoms. The first-order chi connectivity index (χ1) is 13.9. The highest BCUT2D eigenvalue weighted by atomic mass is 35.5. The minimum absolute atomic E-state index is 0.0770. The topological polar surface area (TPSA) is 170 Å². The van der Waals surface area contributed by atoms with Crippen LogP contribution in [-0.4, -0.2) is 21.8 Å². The highest BCUT2D eigenvalue weighted by Crippen LogP contribution is 2.21. The van der Waals surface area contributed by atoms with E-state index in [1.54, 1.807) is 24.3 Å². The molecule has 7 N–H and O–H groups in total. The van der Waals surface area contributed by atoms with Gasteiger partial charge in [-0.15, -0.1) is 0 Å². The van der Waals surface area contributed by atoms with Crippen molar-refractivity contribution in [2.45, 2.75) is 0 Å². The van der Waals surface area contributed by atoms with E-state index >= 15 is 0 Å². The van der Waals surface area contributed by atoms with Crippen LogP contribution in [0.5, 0.6) is 0 Å². The number of nitrogen functional groups attached to an aromatic ring is 2. The summed E-state index contributed by atoms with van der Waals surface area (Å²) < 4.78 is 0. The van der Waals surface area contributed by atoms with Gasteiger partial charge in [-0.25, -0.2) is 15.0 Å². The first-order valence-corrected chi connectivity index (χ1v) is 8.61. The zero-order valence-electron chi connectivity index (χ0n) is 15.0. The van der Waals surface area contributed by atoms with Crippen LogP contribution in [0.2, 0.25) is 5.15 Å². The number of nitrogens with zero attached hydrogens (tertiary/aromatic N) is 5.